The van der Waals surface area contributed by atoms with E-state index < -0.39 is 5.91 Å². The number of rotatable bonds is 7. The number of hydrogen-bond donors (Lipinski definition) is 2. The fourth-order valence-electron chi connectivity index (χ4n) is 5.57. The number of amides is 3. The van der Waals surface area contributed by atoms with Crippen LogP contribution in [0.1, 0.15) is 39.9 Å². The molecule has 4 rings (SSSR count). The van der Waals surface area contributed by atoms with Crippen LogP contribution in [0.15, 0.2) is 36.4 Å². The van der Waals surface area contributed by atoms with Crippen LogP contribution < -0.4 is 11.1 Å². The smallest absolute Gasteiger partial charge is 0.254 e. The van der Waals surface area contributed by atoms with Crippen LogP contribution in [0.2, 0.25) is 5.02 Å². The van der Waals surface area contributed by atoms with Gasteiger partial charge < -0.3 is 20.9 Å². The number of carbonyl (C=O) groups excluding carboxylic acids is 3. The highest BCUT2D eigenvalue weighted by molar-refractivity contribution is 6.31. The predicted molar refractivity (Wildman–Crippen MR) is 137 cm³/mol. The number of nitrogens with two attached hydrogens (primary N) is 1. The summed E-state index contributed by atoms with van der Waals surface area (Å²) in [6, 6.07) is 11.1. The van der Waals surface area contributed by atoms with Gasteiger partial charge in [-0.1, -0.05) is 35.9 Å². The summed E-state index contributed by atoms with van der Waals surface area (Å²) in [5, 5.41) is 3.53. The molecule has 0 aromatic heterocycles. The molecule has 0 bridgehead atoms. The molecule has 2 aromatic carbocycles. The molecule has 2 aliphatic heterocycles. The first-order chi connectivity index (χ1) is 16.6. The summed E-state index contributed by atoms with van der Waals surface area (Å²) in [6.07, 6.45) is 0.511. The lowest BCUT2D eigenvalue weighted by Crippen LogP contribution is -2.43. The van der Waals surface area contributed by atoms with E-state index in [1.54, 1.807) is 6.07 Å². The van der Waals surface area contributed by atoms with Crippen LogP contribution in [-0.4, -0.2) is 59.7 Å². The van der Waals surface area contributed by atoms with E-state index in [0.29, 0.717) is 35.8 Å². The van der Waals surface area contributed by atoms with Crippen molar-refractivity contribution in [2.24, 2.45) is 17.6 Å². The summed E-state index contributed by atoms with van der Waals surface area (Å²) in [5.41, 5.74) is 9.83. The van der Waals surface area contributed by atoms with Crippen molar-refractivity contribution < 1.29 is 14.4 Å². The van der Waals surface area contributed by atoms with Gasteiger partial charge in [-0.2, -0.15) is 0 Å². The Bertz CT molecular complexity index is 1130. The lowest BCUT2D eigenvalue weighted by Gasteiger charge is -2.29. The number of halogens is 1. The molecule has 0 saturated carbocycles. The van der Waals surface area contributed by atoms with E-state index in [0.717, 1.165) is 29.8 Å². The van der Waals surface area contributed by atoms with Gasteiger partial charge in [0.15, 0.2) is 0 Å². The number of primary amides is 1. The van der Waals surface area contributed by atoms with Gasteiger partial charge in [0, 0.05) is 61.3 Å². The molecule has 0 aliphatic carbocycles. The summed E-state index contributed by atoms with van der Waals surface area (Å²) in [7, 11) is 0. The Morgan fingerprint density at radius 2 is 1.74 bits per heavy atom. The Morgan fingerprint density at radius 3 is 2.40 bits per heavy atom. The second-order valence-corrected chi connectivity index (χ2v) is 10.3. The Hall–Kier alpha value is -2.90. The number of hydrogen-bond acceptors (Lipinski definition) is 4. The van der Waals surface area contributed by atoms with Crippen molar-refractivity contribution >= 4 is 35.0 Å². The topological polar surface area (TPSA) is 95.7 Å². The molecular formula is C27H33ClN4O3. The number of likely N-dealkylation sites (tertiary alicyclic amines) is 2. The zero-order valence-corrected chi connectivity index (χ0v) is 21.3. The van der Waals surface area contributed by atoms with Gasteiger partial charge in [0.1, 0.15) is 0 Å². The van der Waals surface area contributed by atoms with Crippen molar-refractivity contribution in [2.45, 2.75) is 39.7 Å². The van der Waals surface area contributed by atoms with Crippen LogP contribution in [-0.2, 0) is 9.59 Å². The number of carbonyl (C=O) groups is 3. The first-order valence-corrected chi connectivity index (χ1v) is 12.5. The van der Waals surface area contributed by atoms with Crippen molar-refractivity contribution in [1.29, 1.82) is 0 Å². The number of fused-ring (bicyclic) bond motifs is 1. The lowest BCUT2D eigenvalue weighted by molar-refractivity contribution is -0.119. The highest BCUT2D eigenvalue weighted by Gasteiger charge is 2.49. The quantitative estimate of drug-likeness (QED) is 0.612. The van der Waals surface area contributed by atoms with Gasteiger partial charge in [-0.3, -0.25) is 14.4 Å². The van der Waals surface area contributed by atoms with Crippen molar-refractivity contribution in [1.82, 2.24) is 9.80 Å². The molecule has 2 heterocycles. The number of nitrogens with one attached hydrogen (secondary N) is 1. The van der Waals surface area contributed by atoms with Crippen molar-refractivity contribution in [3.63, 3.8) is 0 Å². The second-order valence-electron chi connectivity index (χ2n) is 9.91. The first kappa shape index (κ1) is 25.2. The number of nitrogens with zero attached hydrogens (tertiary/aromatic N) is 2. The third-order valence-electron chi connectivity index (χ3n) is 7.37. The summed E-state index contributed by atoms with van der Waals surface area (Å²) >= 11 is 6.15. The highest BCUT2D eigenvalue weighted by atomic mass is 35.5. The molecule has 3 atom stereocenters. The fourth-order valence-corrected chi connectivity index (χ4v) is 5.75. The summed E-state index contributed by atoms with van der Waals surface area (Å²) in [6.45, 7) is 8.55. The van der Waals surface area contributed by atoms with Gasteiger partial charge in [-0.05, 0) is 61.4 Å². The largest absolute Gasteiger partial charge is 0.370 e. The van der Waals surface area contributed by atoms with Crippen LogP contribution in [0, 0.1) is 32.6 Å². The molecule has 35 heavy (non-hydrogen) atoms. The first-order valence-electron chi connectivity index (χ1n) is 12.1. The minimum absolute atomic E-state index is 0.0241. The van der Waals surface area contributed by atoms with E-state index in [1.165, 1.54) is 0 Å². The normalized spacial score (nSPS) is 21.7. The van der Waals surface area contributed by atoms with E-state index >= 15 is 0 Å². The summed E-state index contributed by atoms with van der Waals surface area (Å²) < 4.78 is 0. The average Bonchev–Trinajstić information content (AvgIpc) is 3.33. The zero-order valence-electron chi connectivity index (χ0n) is 20.5. The van der Waals surface area contributed by atoms with Crippen molar-refractivity contribution in [3.05, 3.63) is 63.7 Å². The molecule has 3 N–H and O–H groups in total. The van der Waals surface area contributed by atoms with Gasteiger partial charge in [0.05, 0.1) is 0 Å². The molecule has 0 spiro atoms. The van der Waals surface area contributed by atoms with Crippen LogP contribution in [0.25, 0.3) is 0 Å². The Kier molecular flexibility index (Phi) is 7.47. The summed E-state index contributed by atoms with van der Waals surface area (Å²) in [5.74, 6) is -0.0719. The van der Waals surface area contributed by atoms with Gasteiger partial charge >= 0.3 is 0 Å². The van der Waals surface area contributed by atoms with Gasteiger partial charge in [0.2, 0.25) is 11.8 Å². The predicted octanol–water partition coefficient (Wildman–Crippen LogP) is 3.54. The molecule has 2 aromatic rings. The molecule has 3 unspecified atom stereocenters. The molecule has 8 heteroatoms. The maximum absolute atomic E-state index is 13.5. The third kappa shape index (κ3) is 5.52. The number of benzene rings is 2. The van der Waals surface area contributed by atoms with E-state index in [4.69, 9.17) is 17.3 Å². The fraction of sp³-hybridized carbons (Fsp3) is 0.444. The van der Waals surface area contributed by atoms with E-state index in [1.807, 2.05) is 56.0 Å². The molecule has 2 fully saturated rings. The van der Waals surface area contributed by atoms with Crippen LogP contribution in [0.4, 0.5) is 5.69 Å². The highest BCUT2D eigenvalue weighted by Crippen LogP contribution is 2.39. The van der Waals surface area contributed by atoms with E-state index in [2.05, 4.69) is 10.2 Å². The molecule has 0 radical (unpaired) electrons. The SMILES string of the molecule is Cc1ccc(NC(=O)CCN2CC3CN(C(=O)c4c(C)cccc4C)C(CC(N)=O)C3C2)cc1Cl. The Labute approximate surface area is 211 Å². The number of anilines is 1. The standard InChI is InChI=1S/C27H33ClN4O3/c1-16-7-8-20(11-22(16)28)30-25(34)9-10-31-13-19-14-32(23(12-24(29)33)21(19)15-31)27(35)26-17(2)5-4-6-18(26)3/h4-8,11,19,21,23H,9-10,12-15H2,1-3H3,(H2,29,33)(H,30,34). The Balaban J connectivity index is 1.39. The maximum atomic E-state index is 13.5. The number of aryl methyl sites for hydroxylation is 3. The molecule has 2 aliphatic rings. The maximum Gasteiger partial charge on any atom is 0.254 e. The minimum Gasteiger partial charge on any atom is -0.370 e. The molecule has 3 amide bonds. The van der Waals surface area contributed by atoms with Crippen LogP contribution >= 0.6 is 11.6 Å². The van der Waals surface area contributed by atoms with Crippen LogP contribution in [0.3, 0.4) is 0 Å². The van der Waals surface area contributed by atoms with Crippen molar-refractivity contribution in [3.8, 4) is 0 Å². The third-order valence-corrected chi connectivity index (χ3v) is 7.78. The molecule has 2 saturated heterocycles. The van der Waals surface area contributed by atoms with Gasteiger partial charge in [-0.15, -0.1) is 0 Å². The van der Waals surface area contributed by atoms with E-state index in [-0.39, 0.29) is 36.1 Å². The van der Waals surface area contributed by atoms with Gasteiger partial charge in [0.25, 0.3) is 5.91 Å². The molecular weight excluding hydrogens is 464 g/mol. The Morgan fingerprint density at radius 1 is 1.03 bits per heavy atom. The zero-order chi connectivity index (χ0) is 25.3. The van der Waals surface area contributed by atoms with Crippen LogP contribution in [0.5, 0.6) is 0 Å². The monoisotopic (exact) mass is 496 g/mol. The van der Waals surface area contributed by atoms with E-state index in [9.17, 15) is 14.4 Å². The molecule has 186 valence electrons. The van der Waals surface area contributed by atoms with Crippen molar-refractivity contribution in [2.75, 3.05) is 31.5 Å². The average molecular weight is 497 g/mol. The second kappa shape index (κ2) is 10.4. The summed E-state index contributed by atoms with van der Waals surface area (Å²) in [4.78, 5) is 42.0. The minimum atomic E-state index is -0.399. The van der Waals surface area contributed by atoms with Gasteiger partial charge in [-0.25, -0.2) is 0 Å². The lowest BCUT2D eigenvalue weighted by atomic mass is 9.92. The molecule has 7 nitrogen and oxygen atoms in total.